The quantitative estimate of drug-likeness (QED) is 0.163. The molecule has 0 N–H and O–H groups in total. The molecule has 0 atom stereocenters. The Morgan fingerprint density at radius 1 is 0.288 bits per heavy atom. The number of hydrogen-bond acceptors (Lipinski definition) is 1. The van der Waals surface area contributed by atoms with Gasteiger partial charge in [-0.05, 0) is 109 Å². The molecule has 9 aromatic rings. The number of fused-ring (bicyclic) bond motifs is 9. The van der Waals surface area contributed by atoms with Gasteiger partial charge in [0.1, 0.15) is 0 Å². The van der Waals surface area contributed by atoms with E-state index in [1.807, 2.05) is 0 Å². The van der Waals surface area contributed by atoms with Crippen LogP contribution in [0.2, 0.25) is 0 Å². The van der Waals surface area contributed by atoms with Crippen LogP contribution in [0, 0.1) is 0 Å². The summed E-state index contributed by atoms with van der Waals surface area (Å²) in [5, 5.41) is 0. The molecule has 11 rings (SSSR count). The number of nitrogens with zero attached hydrogens (tertiary/aromatic N) is 1. The third-order valence-electron chi connectivity index (χ3n) is 13.0. The molecular formula is C58H43N. The fraction of sp³-hybridized carbons (Fsp3) is 0.0690. The SMILES string of the molecule is CC1(C)c2ccccc2C2(c3ccccc3-c3ccc(N(c4ccc(-c5ccccc5)cc4)c4ccc(-c5ccccc5)cc4-c4ccccc4)cc32)c2ccccc21. The molecule has 280 valence electrons. The number of anilines is 3. The zero-order chi connectivity index (χ0) is 39.6. The van der Waals surface area contributed by atoms with E-state index in [2.05, 4.69) is 243 Å². The van der Waals surface area contributed by atoms with Crippen LogP contribution in [-0.2, 0) is 10.8 Å². The molecule has 0 bridgehead atoms. The monoisotopic (exact) mass is 753 g/mol. The van der Waals surface area contributed by atoms with E-state index in [4.69, 9.17) is 0 Å². The first kappa shape index (κ1) is 35.0. The van der Waals surface area contributed by atoms with E-state index in [1.54, 1.807) is 0 Å². The molecular weight excluding hydrogens is 711 g/mol. The number of hydrogen-bond donors (Lipinski definition) is 0. The van der Waals surface area contributed by atoms with Crippen molar-refractivity contribution in [3.8, 4) is 44.5 Å². The lowest BCUT2D eigenvalue weighted by molar-refractivity contribution is 0.563. The van der Waals surface area contributed by atoms with Gasteiger partial charge in [-0.1, -0.05) is 202 Å². The van der Waals surface area contributed by atoms with E-state index in [9.17, 15) is 0 Å². The smallest absolute Gasteiger partial charge is 0.0720 e. The summed E-state index contributed by atoms with van der Waals surface area (Å²) in [4.78, 5) is 2.48. The largest absolute Gasteiger partial charge is 0.310 e. The Kier molecular flexibility index (Phi) is 8.13. The minimum atomic E-state index is -0.493. The highest BCUT2D eigenvalue weighted by molar-refractivity contribution is 5.94. The first-order valence-electron chi connectivity index (χ1n) is 20.7. The summed E-state index contributed by atoms with van der Waals surface area (Å²) in [6.07, 6.45) is 0. The van der Waals surface area contributed by atoms with Crippen molar-refractivity contribution >= 4 is 17.1 Å². The molecule has 0 unspecified atom stereocenters. The van der Waals surface area contributed by atoms with Crippen LogP contribution in [0.25, 0.3) is 44.5 Å². The minimum Gasteiger partial charge on any atom is -0.310 e. The third kappa shape index (κ3) is 5.39. The summed E-state index contributed by atoms with van der Waals surface area (Å²) in [7, 11) is 0. The minimum absolute atomic E-state index is 0.161. The molecule has 0 aromatic heterocycles. The molecule has 2 aliphatic rings. The number of rotatable bonds is 6. The van der Waals surface area contributed by atoms with Crippen molar-refractivity contribution in [2.24, 2.45) is 0 Å². The molecule has 9 aromatic carbocycles. The van der Waals surface area contributed by atoms with Gasteiger partial charge in [-0.2, -0.15) is 0 Å². The van der Waals surface area contributed by atoms with E-state index < -0.39 is 5.41 Å². The summed E-state index contributed by atoms with van der Waals surface area (Å²) in [6, 6.07) is 83.0. The van der Waals surface area contributed by atoms with Gasteiger partial charge in [-0.3, -0.25) is 0 Å². The molecule has 0 heterocycles. The zero-order valence-electron chi connectivity index (χ0n) is 33.3. The number of benzene rings is 9. The second-order valence-electron chi connectivity index (χ2n) is 16.5. The first-order valence-corrected chi connectivity index (χ1v) is 20.7. The average molecular weight is 754 g/mol. The predicted molar refractivity (Wildman–Crippen MR) is 247 cm³/mol. The van der Waals surface area contributed by atoms with Crippen molar-refractivity contribution in [1.82, 2.24) is 0 Å². The highest BCUT2D eigenvalue weighted by Gasteiger charge is 2.53. The molecule has 0 amide bonds. The van der Waals surface area contributed by atoms with Crippen LogP contribution in [0.1, 0.15) is 47.2 Å². The maximum absolute atomic E-state index is 2.51. The molecule has 1 spiro atoms. The van der Waals surface area contributed by atoms with Gasteiger partial charge >= 0.3 is 0 Å². The molecule has 2 aliphatic carbocycles. The van der Waals surface area contributed by atoms with Crippen LogP contribution in [0.3, 0.4) is 0 Å². The molecule has 0 saturated carbocycles. The van der Waals surface area contributed by atoms with Gasteiger partial charge in [0, 0.05) is 22.4 Å². The van der Waals surface area contributed by atoms with Crippen molar-refractivity contribution in [2.75, 3.05) is 4.90 Å². The Morgan fingerprint density at radius 3 is 1.34 bits per heavy atom. The summed E-state index contributed by atoms with van der Waals surface area (Å²) < 4.78 is 0. The molecule has 1 heteroatoms. The summed E-state index contributed by atoms with van der Waals surface area (Å²) in [5.74, 6) is 0. The normalized spacial score (nSPS) is 13.9. The van der Waals surface area contributed by atoms with Crippen LogP contribution in [-0.4, -0.2) is 0 Å². The molecule has 1 nitrogen and oxygen atoms in total. The fourth-order valence-electron chi connectivity index (χ4n) is 10.2. The van der Waals surface area contributed by atoms with Crippen molar-refractivity contribution in [3.63, 3.8) is 0 Å². The van der Waals surface area contributed by atoms with E-state index in [0.29, 0.717) is 0 Å². The van der Waals surface area contributed by atoms with E-state index >= 15 is 0 Å². The van der Waals surface area contributed by atoms with Crippen molar-refractivity contribution < 1.29 is 0 Å². The maximum atomic E-state index is 2.51. The Balaban J connectivity index is 1.19. The Bertz CT molecular complexity index is 2950. The second-order valence-corrected chi connectivity index (χ2v) is 16.5. The van der Waals surface area contributed by atoms with Gasteiger partial charge in [-0.25, -0.2) is 0 Å². The Hall–Kier alpha value is -7.22. The summed E-state index contributed by atoms with van der Waals surface area (Å²) in [6.45, 7) is 4.78. The van der Waals surface area contributed by atoms with E-state index in [1.165, 1.54) is 77.9 Å². The maximum Gasteiger partial charge on any atom is 0.0720 e. The van der Waals surface area contributed by atoms with Gasteiger partial charge in [0.15, 0.2) is 0 Å². The lowest BCUT2D eigenvalue weighted by Gasteiger charge is -2.46. The van der Waals surface area contributed by atoms with Crippen molar-refractivity contribution in [2.45, 2.75) is 24.7 Å². The third-order valence-corrected chi connectivity index (χ3v) is 13.0. The second kappa shape index (κ2) is 13.7. The first-order chi connectivity index (χ1) is 29.0. The molecule has 0 radical (unpaired) electrons. The topological polar surface area (TPSA) is 3.24 Å². The van der Waals surface area contributed by atoms with Gasteiger partial charge in [0.2, 0.25) is 0 Å². The summed E-state index contributed by atoms with van der Waals surface area (Å²) in [5.41, 5.74) is 20.6. The van der Waals surface area contributed by atoms with Crippen LogP contribution in [0.15, 0.2) is 224 Å². The Labute approximate surface area is 347 Å². The average Bonchev–Trinajstić information content (AvgIpc) is 3.60. The zero-order valence-corrected chi connectivity index (χ0v) is 33.3. The van der Waals surface area contributed by atoms with Crippen LogP contribution < -0.4 is 4.90 Å². The van der Waals surface area contributed by atoms with E-state index in [0.717, 1.165) is 17.1 Å². The fourth-order valence-corrected chi connectivity index (χ4v) is 10.2. The molecule has 0 fully saturated rings. The lowest BCUT2D eigenvalue weighted by atomic mass is 9.55. The molecule has 59 heavy (non-hydrogen) atoms. The summed E-state index contributed by atoms with van der Waals surface area (Å²) >= 11 is 0. The van der Waals surface area contributed by atoms with Gasteiger partial charge in [-0.15, -0.1) is 0 Å². The standard InChI is InChI=1S/C58H43N/c1-57(2)51-26-14-16-28-53(51)58(54-29-17-15-27-52(54)57)50-25-13-12-24-47(50)48-36-35-46(39-55(48)58)59(45-33-30-42(31-34-45)40-18-6-3-7-19-40)56-37-32-44(41-20-8-4-9-21-41)38-49(56)43-22-10-5-11-23-43/h3-39H,1-2H3. The van der Waals surface area contributed by atoms with Gasteiger partial charge in [0.25, 0.3) is 0 Å². The highest BCUT2D eigenvalue weighted by atomic mass is 15.1. The van der Waals surface area contributed by atoms with Gasteiger partial charge in [0.05, 0.1) is 11.1 Å². The van der Waals surface area contributed by atoms with Crippen molar-refractivity contribution in [3.05, 3.63) is 258 Å². The predicted octanol–water partition coefficient (Wildman–Crippen LogP) is 15.2. The lowest BCUT2D eigenvalue weighted by Crippen LogP contribution is -2.40. The van der Waals surface area contributed by atoms with Crippen LogP contribution >= 0.6 is 0 Å². The Morgan fingerprint density at radius 2 is 0.729 bits per heavy atom. The van der Waals surface area contributed by atoms with Crippen LogP contribution in [0.4, 0.5) is 17.1 Å². The van der Waals surface area contributed by atoms with Gasteiger partial charge < -0.3 is 4.90 Å². The molecule has 0 aliphatic heterocycles. The molecule has 0 saturated heterocycles. The highest BCUT2D eigenvalue weighted by Crippen LogP contribution is 2.62. The van der Waals surface area contributed by atoms with Crippen LogP contribution in [0.5, 0.6) is 0 Å². The van der Waals surface area contributed by atoms with Crippen molar-refractivity contribution in [1.29, 1.82) is 0 Å². The van der Waals surface area contributed by atoms with E-state index in [-0.39, 0.29) is 5.41 Å².